The number of hydrogen-bond acceptors (Lipinski definition) is 4. The first kappa shape index (κ1) is 17.0. The van der Waals surface area contributed by atoms with Gasteiger partial charge < -0.3 is 10.1 Å². The van der Waals surface area contributed by atoms with Crippen molar-refractivity contribution in [2.75, 3.05) is 6.54 Å². The maximum atomic E-state index is 11.4. The third-order valence-corrected chi connectivity index (χ3v) is 3.46. The van der Waals surface area contributed by atoms with E-state index in [0.717, 1.165) is 28.1 Å². The second-order valence-corrected chi connectivity index (χ2v) is 7.57. The minimum Gasteiger partial charge on any atom is -0.444 e. The summed E-state index contributed by atoms with van der Waals surface area (Å²) in [6.45, 7) is 6.15. The Balaban J connectivity index is 2.08. The minimum atomic E-state index is -0.447. The number of carbonyl (C=O) groups is 1. The fourth-order valence-electron chi connectivity index (χ4n) is 1.29. The fraction of sp³-hybridized carbons (Fsp3) is 0.571. The van der Waals surface area contributed by atoms with Gasteiger partial charge in [0.25, 0.3) is 0 Å². The van der Waals surface area contributed by atoms with Gasteiger partial charge in [-0.25, -0.2) is 9.78 Å². The van der Waals surface area contributed by atoms with E-state index in [1.54, 1.807) is 6.20 Å². The summed E-state index contributed by atoms with van der Waals surface area (Å²) < 4.78 is 6.13. The summed E-state index contributed by atoms with van der Waals surface area (Å²) in [6.07, 6.45) is 4.01. The SMILES string of the molecule is CC(C)(C)OC(=O)NCCCCC#Cc1ncc(Br)s1. The molecule has 6 heteroatoms. The van der Waals surface area contributed by atoms with Gasteiger partial charge in [0, 0.05) is 13.0 Å². The molecule has 0 fully saturated rings. The molecule has 1 aromatic heterocycles. The molecule has 0 saturated heterocycles. The number of ether oxygens (including phenoxy) is 1. The zero-order valence-electron chi connectivity index (χ0n) is 12.0. The minimum absolute atomic E-state index is 0.365. The zero-order chi connectivity index (χ0) is 15.0. The third kappa shape index (κ3) is 8.18. The van der Waals surface area contributed by atoms with Crippen LogP contribution in [0.2, 0.25) is 0 Å². The first-order chi connectivity index (χ1) is 9.37. The molecular formula is C14H19BrN2O2S. The number of thiazole rings is 1. The van der Waals surface area contributed by atoms with E-state index in [4.69, 9.17) is 4.74 Å². The van der Waals surface area contributed by atoms with Crippen LogP contribution in [-0.4, -0.2) is 23.2 Å². The van der Waals surface area contributed by atoms with E-state index < -0.39 is 5.60 Å². The highest BCUT2D eigenvalue weighted by atomic mass is 79.9. The Morgan fingerprint density at radius 2 is 2.25 bits per heavy atom. The van der Waals surface area contributed by atoms with Gasteiger partial charge in [-0.1, -0.05) is 17.3 Å². The number of amides is 1. The summed E-state index contributed by atoms with van der Waals surface area (Å²) in [5.74, 6) is 6.09. The molecule has 4 nitrogen and oxygen atoms in total. The molecule has 1 amide bonds. The zero-order valence-corrected chi connectivity index (χ0v) is 14.4. The molecule has 1 N–H and O–H groups in total. The fourth-order valence-corrected chi connectivity index (χ4v) is 2.37. The lowest BCUT2D eigenvalue weighted by Gasteiger charge is -2.19. The molecule has 1 heterocycles. The summed E-state index contributed by atoms with van der Waals surface area (Å²) in [7, 11) is 0. The molecule has 1 rings (SSSR count). The second kappa shape index (κ2) is 8.28. The van der Waals surface area contributed by atoms with Gasteiger partial charge >= 0.3 is 6.09 Å². The summed E-state index contributed by atoms with van der Waals surface area (Å²) in [5, 5.41) is 3.55. The van der Waals surface area contributed by atoms with Crippen LogP contribution in [0.5, 0.6) is 0 Å². The van der Waals surface area contributed by atoms with E-state index in [0.29, 0.717) is 6.54 Å². The molecule has 0 aliphatic rings. The highest BCUT2D eigenvalue weighted by Gasteiger charge is 2.15. The van der Waals surface area contributed by atoms with Gasteiger partial charge in [-0.2, -0.15) is 0 Å². The van der Waals surface area contributed by atoms with Crippen LogP contribution in [0.15, 0.2) is 9.98 Å². The molecule has 1 aromatic rings. The summed E-state index contributed by atoms with van der Waals surface area (Å²) in [4.78, 5) is 15.5. The maximum Gasteiger partial charge on any atom is 0.407 e. The lowest BCUT2D eigenvalue weighted by molar-refractivity contribution is 0.0527. The summed E-state index contributed by atoms with van der Waals surface area (Å²) in [5.41, 5.74) is -0.447. The van der Waals surface area contributed by atoms with Gasteiger partial charge in [-0.15, -0.1) is 0 Å². The van der Waals surface area contributed by atoms with Crippen LogP contribution in [0.4, 0.5) is 4.79 Å². The molecular weight excluding hydrogens is 340 g/mol. The molecule has 0 aliphatic heterocycles. The first-order valence-electron chi connectivity index (χ1n) is 6.44. The van der Waals surface area contributed by atoms with Crippen molar-refractivity contribution in [1.82, 2.24) is 10.3 Å². The largest absolute Gasteiger partial charge is 0.444 e. The Morgan fingerprint density at radius 1 is 1.50 bits per heavy atom. The smallest absolute Gasteiger partial charge is 0.407 e. The number of nitrogens with zero attached hydrogens (tertiary/aromatic N) is 1. The number of nitrogens with one attached hydrogen (secondary N) is 1. The number of aromatic nitrogens is 1. The standard InChI is InChI=1S/C14H19BrN2O2S/c1-14(2,3)19-13(18)16-9-7-5-4-6-8-12-17-10-11(15)20-12/h10H,4-5,7,9H2,1-3H3,(H,16,18). The van der Waals surface area contributed by atoms with Crippen molar-refractivity contribution in [3.8, 4) is 11.8 Å². The van der Waals surface area contributed by atoms with E-state index in [-0.39, 0.29) is 6.09 Å². The van der Waals surface area contributed by atoms with Crippen LogP contribution in [0, 0.1) is 11.8 Å². The van der Waals surface area contributed by atoms with Crippen molar-refractivity contribution < 1.29 is 9.53 Å². The maximum absolute atomic E-state index is 11.4. The molecule has 0 bridgehead atoms. The number of rotatable bonds is 4. The average Bonchev–Trinajstić information content (AvgIpc) is 2.71. The number of halogens is 1. The molecule has 110 valence electrons. The van der Waals surface area contributed by atoms with Gasteiger partial charge in [0.2, 0.25) is 0 Å². The highest BCUT2D eigenvalue weighted by Crippen LogP contribution is 2.17. The topological polar surface area (TPSA) is 51.2 Å². The molecule has 20 heavy (non-hydrogen) atoms. The van der Waals surface area contributed by atoms with Gasteiger partial charge in [-0.3, -0.25) is 0 Å². The molecule has 0 unspecified atom stereocenters. The summed E-state index contributed by atoms with van der Waals surface area (Å²) >= 11 is 4.87. The van der Waals surface area contributed by atoms with E-state index in [2.05, 4.69) is 38.1 Å². The van der Waals surface area contributed by atoms with E-state index in [1.165, 1.54) is 11.3 Å². The van der Waals surface area contributed by atoms with Crippen molar-refractivity contribution in [1.29, 1.82) is 0 Å². The monoisotopic (exact) mass is 358 g/mol. The Labute approximate surface area is 132 Å². The normalized spacial score (nSPS) is 10.6. The average molecular weight is 359 g/mol. The van der Waals surface area contributed by atoms with E-state index in [9.17, 15) is 4.79 Å². The van der Waals surface area contributed by atoms with Crippen molar-refractivity contribution >= 4 is 33.4 Å². The molecule has 0 spiro atoms. The van der Waals surface area contributed by atoms with Gasteiger partial charge in [0.05, 0.1) is 9.98 Å². The van der Waals surface area contributed by atoms with Crippen molar-refractivity contribution in [2.45, 2.75) is 45.6 Å². The lowest BCUT2D eigenvalue weighted by Crippen LogP contribution is -2.32. The molecule has 0 radical (unpaired) electrons. The van der Waals surface area contributed by atoms with Crippen LogP contribution < -0.4 is 5.32 Å². The van der Waals surface area contributed by atoms with Crippen LogP contribution >= 0.6 is 27.3 Å². The van der Waals surface area contributed by atoms with E-state index >= 15 is 0 Å². The number of unbranched alkanes of at least 4 members (excludes halogenated alkanes) is 2. The van der Waals surface area contributed by atoms with Crippen molar-refractivity contribution in [3.63, 3.8) is 0 Å². The highest BCUT2D eigenvalue weighted by molar-refractivity contribution is 9.11. The van der Waals surface area contributed by atoms with Crippen LogP contribution in [0.25, 0.3) is 0 Å². The molecule has 0 atom stereocenters. The lowest BCUT2D eigenvalue weighted by atomic mass is 10.2. The second-order valence-electron chi connectivity index (χ2n) is 5.16. The molecule has 0 saturated carbocycles. The van der Waals surface area contributed by atoms with Crippen molar-refractivity contribution in [3.05, 3.63) is 15.0 Å². The predicted molar refractivity (Wildman–Crippen MR) is 84.8 cm³/mol. The first-order valence-corrected chi connectivity index (χ1v) is 8.05. The summed E-state index contributed by atoms with van der Waals surface area (Å²) in [6, 6.07) is 0. The van der Waals surface area contributed by atoms with Crippen LogP contribution in [0.3, 0.4) is 0 Å². The van der Waals surface area contributed by atoms with E-state index in [1.807, 2.05) is 20.8 Å². The predicted octanol–water partition coefficient (Wildman–Crippen LogP) is 3.95. The number of carbonyl (C=O) groups excluding carboxylic acids is 1. The Morgan fingerprint density at radius 3 is 2.85 bits per heavy atom. The van der Waals surface area contributed by atoms with Crippen molar-refractivity contribution in [2.24, 2.45) is 0 Å². The Hall–Kier alpha value is -1.06. The number of alkyl carbamates (subject to hydrolysis) is 1. The Kier molecular flexibility index (Phi) is 7.03. The Bertz CT molecular complexity index is 497. The quantitative estimate of drug-likeness (QED) is 0.654. The van der Waals surface area contributed by atoms with Gasteiger partial charge in [0.15, 0.2) is 5.01 Å². The number of hydrogen-bond donors (Lipinski definition) is 1. The molecule has 0 aromatic carbocycles. The van der Waals surface area contributed by atoms with Crippen LogP contribution in [0.1, 0.15) is 45.0 Å². The third-order valence-electron chi connectivity index (χ3n) is 2.07. The van der Waals surface area contributed by atoms with Crippen LogP contribution in [-0.2, 0) is 4.74 Å². The van der Waals surface area contributed by atoms with Gasteiger partial charge in [0.1, 0.15) is 5.60 Å². The van der Waals surface area contributed by atoms with Gasteiger partial charge in [-0.05, 0) is 55.5 Å². The molecule has 0 aliphatic carbocycles.